The molecule has 0 aliphatic heterocycles. The van der Waals surface area contributed by atoms with Gasteiger partial charge in [-0.15, -0.1) is 0 Å². The van der Waals surface area contributed by atoms with E-state index in [4.69, 9.17) is 38.4 Å². The number of nitrogens with zero attached hydrogens (tertiary/aromatic N) is 1. The minimum Gasteiger partial charge on any atom is -0.494 e. The second-order valence-electron chi connectivity index (χ2n) is 14.7. The quantitative estimate of drug-likeness (QED) is 0.0233. The van der Waals surface area contributed by atoms with Crippen molar-refractivity contribution in [1.82, 2.24) is 0 Å². The maximum absolute atomic E-state index is 13.3. The summed E-state index contributed by atoms with van der Waals surface area (Å²) in [7, 11) is 0. The molecular formula is C49H57NO12. The van der Waals surface area contributed by atoms with E-state index in [-0.39, 0.29) is 41.9 Å². The molecule has 62 heavy (non-hydrogen) atoms. The van der Waals surface area contributed by atoms with E-state index in [1.165, 1.54) is 0 Å². The summed E-state index contributed by atoms with van der Waals surface area (Å²) in [6.07, 6.45) is 12.2. The highest BCUT2D eigenvalue weighted by atomic mass is 16.6. The molecule has 0 amide bonds. The topological polar surface area (TPSA) is 174 Å². The number of unbranched alkanes of at least 4 members (excludes halogenated alkanes) is 7. The van der Waals surface area contributed by atoms with Gasteiger partial charge in [0.2, 0.25) is 0 Å². The minimum absolute atomic E-state index is 0.0437. The maximum Gasteiger partial charge on any atom is 0.343 e. The first-order valence-electron chi connectivity index (χ1n) is 21.4. The molecule has 1 aliphatic rings. The van der Waals surface area contributed by atoms with Crippen molar-refractivity contribution in [3.05, 3.63) is 114 Å². The Morgan fingerprint density at radius 3 is 1.60 bits per heavy atom. The minimum atomic E-state index is -0.658. The van der Waals surface area contributed by atoms with Gasteiger partial charge in [0.25, 0.3) is 0 Å². The zero-order valence-electron chi connectivity index (χ0n) is 35.4. The fourth-order valence-electron chi connectivity index (χ4n) is 6.67. The molecule has 0 unspecified atom stereocenters. The van der Waals surface area contributed by atoms with E-state index < -0.39 is 29.8 Å². The van der Waals surface area contributed by atoms with E-state index in [2.05, 4.69) is 13.2 Å². The number of carbonyl (C=O) groups is 5. The van der Waals surface area contributed by atoms with Gasteiger partial charge in [-0.05, 0) is 156 Å². The highest BCUT2D eigenvalue weighted by Gasteiger charge is 2.27. The first-order valence-corrected chi connectivity index (χ1v) is 21.4. The summed E-state index contributed by atoms with van der Waals surface area (Å²) in [4.78, 5) is 61.7. The lowest BCUT2D eigenvalue weighted by molar-refractivity contribution is -0.138. The van der Waals surface area contributed by atoms with Crippen molar-refractivity contribution in [3.8, 4) is 23.3 Å². The van der Waals surface area contributed by atoms with Crippen molar-refractivity contribution < 1.29 is 57.1 Å². The van der Waals surface area contributed by atoms with E-state index >= 15 is 0 Å². The second kappa shape index (κ2) is 27.4. The number of hydrogen-bond acceptors (Lipinski definition) is 13. The molecular weight excluding hydrogens is 795 g/mol. The summed E-state index contributed by atoms with van der Waals surface area (Å²) >= 11 is 0. The van der Waals surface area contributed by atoms with Gasteiger partial charge in [-0.3, -0.25) is 0 Å². The molecule has 0 saturated heterocycles. The van der Waals surface area contributed by atoms with Crippen molar-refractivity contribution in [2.75, 3.05) is 33.0 Å². The fraction of sp³-hybridized carbons (Fsp3) is 0.429. The normalized spacial score (nSPS) is 14.3. The van der Waals surface area contributed by atoms with E-state index in [0.717, 1.165) is 69.1 Å². The average molecular weight is 852 g/mol. The van der Waals surface area contributed by atoms with Gasteiger partial charge in [-0.2, -0.15) is 5.26 Å². The lowest BCUT2D eigenvalue weighted by Crippen LogP contribution is -2.24. The number of hydrogen-bond donors (Lipinski definition) is 0. The van der Waals surface area contributed by atoms with Crippen LogP contribution in [0, 0.1) is 11.3 Å². The van der Waals surface area contributed by atoms with Crippen LogP contribution in [0.4, 0.5) is 0 Å². The van der Waals surface area contributed by atoms with E-state index in [1.54, 1.807) is 60.7 Å². The van der Waals surface area contributed by atoms with Crippen LogP contribution in [0.5, 0.6) is 17.2 Å². The van der Waals surface area contributed by atoms with Crippen LogP contribution in [0.3, 0.4) is 0 Å². The molecule has 0 N–H and O–H groups in total. The van der Waals surface area contributed by atoms with Gasteiger partial charge < -0.3 is 33.2 Å². The smallest absolute Gasteiger partial charge is 0.343 e. The van der Waals surface area contributed by atoms with Gasteiger partial charge in [0, 0.05) is 18.6 Å². The Morgan fingerprint density at radius 2 is 1.08 bits per heavy atom. The number of benzene rings is 3. The highest BCUT2D eigenvalue weighted by Crippen LogP contribution is 2.37. The van der Waals surface area contributed by atoms with Crippen LogP contribution < -0.4 is 14.2 Å². The third-order valence-corrected chi connectivity index (χ3v) is 10.1. The number of nitriles is 1. The van der Waals surface area contributed by atoms with E-state index in [1.807, 2.05) is 12.1 Å². The van der Waals surface area contributed by atoms with Gasteiger partial charge in [-0.1, -0.05) is 19.2 Å². The fourth-order valence-corrected chi connectivity index (χ4v) is 6.67. The average Bonchev–Trinajstić information content (AvgIpc) is 3.30. The zero-order chi connectivity index (χ0) is 44.4. The molecule has 13 heteroatoms. The summed E-state index contributed by atoms with van der Waals surface area (Å²) in [5, 5.41) is 8.90. The maximum atomic E-state index is 13.3. The molecule has 3 aromatic rings. The van der Waals surface area contributed by atoms with Crippen LogP contribution in [-0.2, 0) is 28.5 Å². The number of ether oxygens (including phenoxy) is 7. The summed E-state index contributed by atoms with van der Waals surface area (Å²) in [6.45, 7) is 8.55. The number of carbonyl (C=O) groups excluding carboxylic acids is 5. The first kappa shape index (κ1) is 48.2. The Morgan fingerprint density at radius 1 is 0.581 bits per heavy atom. The van der Waals surface area contributed by atoms with Crippen LogP contribution in [0.1, 0.15) is 132 Å². The van der Waals surface area contributed by atoms with Crippen LogP contribution in [0.15, 0.2) is 92.0 Å². The molecule has 0 aromatic heterocycles. The summed E-state index contributed by atoms with van der Waals surface area (Å²) in [5.74, 6) is -1.16. The molecule has 4 rings (SSSR count). The molecule has 0 bridgehead atoms. The van der Waals surface area contributed by atoms with Crippen LogP contribution in [0.2, 0.25) is 0 Å². The Balaban J connectivity index is 1.24. The summed E-state index contributed by atoms with van der Waals surface area (Å²) in [6, 6.07) is 20.6. The van der Waals surface area contributed by atoms with Gasteiger partial charge >= 0.3 is 29.8 Å². The Kier molecular flexibility index (Phi) is 21.3. The predicted molar refractivity (Wildman–Crippen MR) is 230 cm³/mol. The molecule has 0 spiro atoms. The molecule has 0 heterocycles. The Bertz CT molecular complexity index is 1960. The highest BCUT2D eigenvalue weighted by molar-refractivity contribution is 5.96. The largest absolute Gasteiger partial charge is 0.494 e. The first-order chi connectivity index (χ1) is 30.2. The lowest BCUT2D eigenvalue weighted by atomic mass is 9.82. The standard InChI is InChI=1S/C49H57NO12/c1-3-45(51)58-32-12-7-5-10-30-56-40-22-17-37(18-23-40)47(53)61-42-26-15-36(16-27-42)39-21-28-44(43(35-39)49(55)60-34-14-9-29-50)62-48(54)38-19-24-41(25-20-38)57-31-11-6-8-13-33-59-46(52)4-2/h3-4,17-25,28,35-36,42H,1-2,5-16,26-27,30-34H2. The van der Waals surface area contributed by atoms with Crippen molar-refractivity contribution in [2.24, 2.45) is 0 Å². The molecule has 1 fully saturated rings. The number of esters is 5. The lowest BCUT2D eigenvalue weighted by Gasteiger charge is -2.29. The van der Waals surface area contributed by atoms with Crippen LogP contribution >= 0.6 is 0 Å². The molecule has 1 saturated carbocycles. The molecule has 13 nitrogen and oxygen atoms in total. The van der Waals surface area contributed by atoms with Gasteiger partial charge in [0.1, 0.15) is 28.9 Å². The molecule has 0 radical (unpaired) electrons. The van der Waals surface area contributed by atoms with Gasteiger partial charge in [0.15, 0.2) is 0 Å². The monoisotopic (exact) mass is 851 g/mol. The third kappa shape index (κ3) is 17.3. The molecule has 3 aromatic carbocycles. The Labute approximate surface area is 363 Å². The summed E-state index contributed by atoms with van der Waals surface area (Å²) < 4.78 is 38.6. The Hall–Kier alpha value is -6.42. The predicted octanol–water partition coefficient (Wildman–Crippen LogP) is 9.59. The van der Waals surface area contributed by atoms with Crippen molar-refractivity contribution >= 4 is 29.8 Å². The van der Waals surface area contributed by atoms with Crippen molar-refractivity contribution in [3.63, 3.8) is 0 Å². The summed E-state index contributed by atoms with van der Waals surface area (Å²) in [5.41, 5.74) is 1.69. The zero-order valence-corrected chi connectivity index (χ0v) is 35.4. The third-order valence-electron chi connectivity index (χ3n) is 10.1. The second-order valence-corrected chi connectivity index (χ2v) is 14.7. The van der Waals surface area contributed by atoms with E-state index in [9.17, 15) is 24.0 Å². The van der Waals surface area contributed by atoms with Crippen LogP contribution in [0.25, 0.3) is 0 Å². The SMILES string of the molecule is C=CC(=O)OCCCCCCOc1ccc(C(=O)Oc2ccc(C3CCC(OC(=O)c4ccc(OCCCCCCOC(=O)C=C)cc4)CC3)cc2C(=O)OCCCC#N)cc1. The molecule has 330 valence electrons. The van der Waals surface area contributed by atoms with Gasteiger partial charge in [0.05, 0.1) is 50.2 Å². The molecule has 0 atom stereocenters. The van der Waals surface area contributed by atoms with Crippen LogP contribution in [-0.4, -0.2) is 69.0 Å². The van der Waals surface area contributed by atoms with Crippen molar-refractivity contribution in [2.45, 2.75) is 102 Å². The van der Waals surface area contributed by atoms with Crippen molar-refractivity contribution in [1.29, 1.82) is 5.26 Å². The number of rotatable bonds is 27. The van der Waals surface area contributed by atoms with E-state index in [0.29, 0.717) is 75.6 Å². The van der Waals surface area contributed by atoms with Gasteiger partial charge in [-0.25, -0.2) is 24.0 Å². The molecule has 1 aliphatic carbocycles.